The molecule has 2 aliphatic rings. The lowest BCUT2D eigenvalue weighted by Crippen LogP contribution is -2.51. The van der Waals surface area contributed by atoms with Crippen molar-refractivity contribution >= 4 is 40.3 Å². The number of fused-ring (bicyclic) bond motifs is 1. The second kappa shape index (κ2) is 8.78. The number of carbonyl (C=O) groups excluding carboxylic acids is 1. The quantitative estimate of drug-likeness (QED) is 0.483. The van der Waals surface area contributed by atoms with Crippen LogP contribution in [0.5, 0.6) is 0 Å². The number of benzene rings is 2. The van der Waals surface area contributed by atoms with Gasteiger partial charge in [0.15, 0.2) is 5.17 Å². The maximum atomic E-state index is 13.1. The Hall–Kier alpha value is -2.53. The van der Waals surface area contributed by atoms with Crippen LogP contribution in [0.15, 0.2) is 58.4 Å². The first kappa shape index (κ1) is 22.7. The van der Waals surface area contributed by atoms with Gasteiger partial charge in [-0.15, -0.1) is 0 Å². The van der Waals surface area contributed by atoms with Gasteiger partial charge in [-0.05, 0) is 100 Å². The summed E-state index contributed by atoms with van der Waals surface area (Å²) in [6, 6.07) is 16.9. The number of rotatable bonds is 4. The van der Waals surface area contributed by atoms with Crippen molar-refractivity contribution in [3.8, 4) is 0 Å². The molecule has 1 atom stereocenters. The monoisotopic (exact) mass is 447 g/mol. The van der Waals surface area contributed by atoms with Crippen molar-refractivity contribution in [2.45, 2.75) is 65.5 Å². The van der Waals surface area contributed by atoms with Gasteiger partial charge in [0.05, 0.1) is 10.6 Å². The van der Waals surface area contributed by atoms with Crippen LogP contribution < -0.4 is 4.90 Å². The predicted molar refractivity (Wildman–Crippen MR) is 138 cm³/mol. The van der Waals surface area contributed by atoms with Gasteiger partial charge < -0.3 is 4.90 Å². The summed E-state index contributed by atoms with van der Waals surface area (Å²) in [7, 11) is 0. The van der Waals surface area contributed by atoms with E-state index in [0.717, 1.165) is 27.7 Å². The molecule has 0 bridgehead atoms. The van der Waals surface area contributed by atoms with Gasteiger partial charge in [0.25, 0.3) is 5.91 Å². The Kier molecular flexibility index (Phi) is 6.22. The summed E-state index contributed by atoms with van der Waals surface area (Å²) in [5, 5.41) is 0.744. The lowest BCUT2D eigenvalue weighted by molar-refractivity contribution is -0.122. The fourth-order valence-electron chi connectivity index (χ4n) is 5.17. The topological polar surface area (TPSA) is 35.9 Å². The summed E-state index contributed by atoms with van der Waals surface area (Å²) in [6.45, 7) is 14.1. The number of nitrogens with zero attached hydrogens (tertiary/aromatic N) is 3. The minimum atomic E-state index is 0.0305. The van der Waals surface area contributed by atoms with E-state index in [4.69, 9.17) is 4.99 Å². The summed E-state index contributed by atoms with van der Waals surface area (Å²) < 4.78 is 0. The first-order valence-corrected chi connectivity index (χ1v) is 12.3. The molecule has 5 heteroatoms. The number of hydrogen-bond acceptors (Lipinski definition) is 4. The molecule has 1 amide bonds. The molecule has 2 aromatic rings. The third-order valence-electron chi connectivity index (χ3n) is 6.30. The number of carbonyl (C=O) groups is 1. The van der Waals surface area contributed by atoms with Gasteiger partial charge in [0.1, 0.15) is 0 Å². The number of amides is 1. The van der Waals surface area contributed by atoms with Crippen LogP contribution in [0.25, 0.3) is 6.08 Å². The first-order valence-electron chi connectivity index (χ1n) is 11.5. The molecule has 32 heavy (non-hydrogen) atoms. The summed E-state index contributed by atoms with van der Waals surface area (Å²) in [4.78, 5) is 22.8. The van der Waals surface area contributed by atoms with Crippen molar-refractivity contribution < 1.29 is 4.79 Å². The molecule has 0 N–H and O–H groups in total. The van der Waals surface area contributed by atoms with Gasteiger partial charge in [0, 0.05) is 23.8 Å². The maximum Gasteiger partial charge on any atom is 0.266 e. The fourth-order valence-corrected chi connectivity index (χ4v) is 6.23. The van der Waals surface area contributed by atoms with Gasteiger partial charge in [-0.3, -0.25) is 9.69 Å². The Morgan fingerprint density at radius 1 is 1.19 bits per heavy atom. The average Bonchev–Trinajstić information content (AvgIpc) is 3.02. The standard InChI is InChI=1S/C27H33N3OS/c1-7-29-25(31)24(32-26(29)28-21-11-9-8-10-12-21)16-20-13-14-23-22(15-20)19(4)17-27(5,6)30(23)18(2)3/h8-16,18-19H,7,17H2,1-6H3/b24-16-,28-26?/t19-/m0/s1. The molecule has 0 unspecified atom stereocenters. The van der Waals surface area contributed by atoms with Crippen molar-refractivity contribution in [3.63, 3.8) is 0 Å². The summed E-state index contributed by atoms with van der Waals surface area (Å²) >= 11 is 1.46. The largest absolute Gasteiger partial charge is 0.364 e. The summed E-state index contributed by atoms with van der Waals surface area (Å²) in [5.41, 5.74) is 4.75. The van der Waals surface area contributed by atoms with E-state index in [1.54, 1.807) is 4.90 Å². The van der Waals surface area contributed by atoms with Crippen LogP contribution in [0, 0.1) is 0 Å². The van der Waals surface area contributed by atoms with Crippen LogP contribution in [-0.4, -0.2) is 34.1 Å². The second-order valence-electron chi connectivity index (χ2n) is 9.59. The molecule has 0 aliphatic carbocycles. The minimum Gasteiger partial charge on any atom is -0.364 e. The zero-order chi connectivity index (χ0) is 23.0. The average molecular weight is 448 g/mol. The van der Waals surface area contributed by atoms with Crippen LogP contribution in [0.4, 0.5) is 11.4 Å². The zero-order valence-electron chi connectivity index (χ0n) is 19.9. The number of para-hydroxylation sites is 1. The Morgan fingerprint density at radius 3 is 2.56 bits per heavy atom. The molecule has 0 radical (unpaired) electrons. The van der Waals surface area contributed by atoms with Gasteiger partial charge in [0.2, 0.25) is 0 Å². The van der Waals surface area contributed by atoms with Crippen molar-refractivity contribution in [1.82, 2.24) is 4.90 Å². The van der Waals surface area contributed by atoms with Crippen LogP contribution in [0.2, 0.25) is 0 Å². The molecular formula is C27H33N3OS. The van der Waals surface area contributed by atoms with Crippen molar-refractivity contribution in [1.29, 1.82) is 0 Å². The minimum absolute atomic E-state index is 0.0305. The third kappa shape index (κ3) is 4.23. The number of thioether (sulfide) groups is 1. The number of likely N-dealkylation sites (N-methyl/N-ethyl adjacent to an activating group) is 1. The first-order chi connectivity index (χ1) is 15.2. The van der Waals surface area contributed by atoms with E-state index in [1.807, 2.05) is 43.3 Å². The van der Waals surface area contributed by atoms with E-state index in [0.29, 0.717) is 18.5 Å². The third-order valence-corrected chi connectivity index (χ3v) is 7.31. The molecule has 2 aliphatic heterocycles. The van der Waals surface area contributed by atoms with Crippen LogP contribution in [0.1, 0.15) is 65.0 Å². The molecule has 0 spiro atoms. The molecule has 4 rings (SSSR count). The highest BCUT2D eigenvalue weighted by Gasteiger charge is 2.38. The Bertz CT molecular complexity index is 1070. The van der Waals surface area contributed by atoms with Crippen LogP contribution >= 0.6 is 11.8 Å². The normalized spacial score (nSPS) is 22.8. The van der Waals surface area contributed by atoms with Crippen LogP contribution in [0.3, 0.4) is 0 Å². The zero-order valence-corrected chi connectivity index (χ0v) is 20.7. The molecule has 0 aromatic heterocycles. The SMILES string of the molecule is CCN1C(=O)/C(=C/c2ccc3c(c2)[C@@H](C)CC(C)(C)N3C(C)C)SC1=Nc1ccccc1. The van der Waals surface area contributed by atoms with Gasteiger partial charge in [-0.1, -0.05) is 31.2 Å². The number of amidine groups is 1. The van der Waals surface area contributed by atoms with Gasteiger partial charge in [-0.2, -0.15) is 0 Å². The molecular weight excluding hydrogens is 414 g/mol. The highest BCUT2D eigenvalue weighted by atomic mass is 32.2. The second-order valence-corrected chi connectivity index (χ2v) is 10.6. The molecule has 2 aromatic carbocycles. The van der Waals surface area contributed by atoms with Crippen molar-refractivity contribution in [2.75, 3.05) is 11.4 Å². The lowest BCUT2D eigenvalue weighted by atomic mass is 9.79. The smallest absolute Gasteiger partial charge is 0.266 e. The fraction of sp³-hybridized carbons (Fsp3) is 0.407. The number of anilines is 1. The molecule has 0 saturated carbocycles. The van der Waals surface area contributed by atoms with E-state index >= 15 is 0 Å². The highest BCUT2D eigenvalue weighted by molar-refractivity contribution is 8.18. The molecule has 1 saturated heterocycles. The van der Waals surface area contributed by atoms with Crippen molar-refractivity contribution in [3.05, 3.63) is 64.6 Å². The molecule has 4 nitrogen and oxygen atoms in total. The van der Waals surface area contributed by atoms with E-state index in [-0.39, 0.29) is 11.4 Å². The molecule has 168 valence electrons. The Morgan fingerprint density at radius 2 is 1.91 bits per heavy atom. The molecule has 2 heterocycles. The van der Waals surface area contributed by atoms with Gasteiger partial charge >= 0.3 is 0 Å². The number of aliphatic imine (C=N–C) groups is 1. The maximum absolute atomic E-state index is 13.1. The Labute approximate surface area is 196 Å². The van der Waals surface area contributed by atoms with Crippen molar-refractivity contribution in [2.24, 2.45) is 4.99 Å². The highest BCUT2D eigenvalue weighted by Crippen LogP contribution is 2.45. The molecule has 1 fully saturated rings. The number of hydrogen-bond donors (Lipinski definition) is 0. The summed E-state index contributed by atoms with van der Waals surface area (Å²) in [5.74, 6) is 0.505. The lowest BCUT2D eigenvalue weighted by Gasteiger charge is -2.50. The predicted octanol–water partition coefficient (Wildman–Crippen LogP) is 6.81. The van der Waals surface area contributed by atoms with E-state index in [2.05, 4.69) is 57.7 Å². The van der Waals surface area contributed by atoms with Gasteiger partial charge in [-0.25, -0.2) is 4.99 Å². The van der Waals surface area contributed by atoms with E-state index < -0.39 is 0 Å². The van der Waals surface area contributed by atoms with E-state index in [9.17, 15) is 4.79 Å². The Balaban J connectivity index is 1.68. The van der Waals surface area contributed by atoms with Crippen LogP contribution in [-0.2, 0) is 4.79 Å². The summed E-state index contributed by atoms with van der Waals surface area (Å²) in [6.07, 6.45) is 3.14. The van der Waals surface area contributed by atoms with E-state index in [1.165, 1.54) is 23.0 Å².